The second-order valence-corrected chi connectivity index (χ2v) is 9.66. The van der Waals surface area contributed by atoms with Crippen molar-refractivity contribution >= 4 is 42.9 Å². The molecule has 0 radical (unpaired) electrons. The van der Waals surface area contributed by atoms with E-state index in [1.807, 2.05) is 0 Å². The Kier molecular flexibility index (Phi) is 6.87. The Labute approximate surface area is 170 Å². The molecule has 1 fully saturated rings. The number of anilines is 2. The topological polar surface area (TPSA) is 71.2 Å². The molecule has 2 N–H and O–H groups in total. The number of halogens is 2. The summed E-state index contributed by atoms with van der Waals surface area (Å²) in [5, 5.41) is 0.539. The number of benzene rings is 1. The molecule has 1 saturated heterocycles. The van der Waals surface area contributed by atoms with Crippen LogP contribution in [-0.2, 0) is 0 Å². The Balaban J connectivity index is 1.87. The van der Waals surface area contributed by atoms with E-state index in [4.69, 9.17) is 22.3 Å². The third-order valence-corrected chi connectivity index (χ3v) is 7.40. The zero-order valence-electron chi connectivity index (χ0n) is 15.5. The molecular weight excluding hydrogens is 434 g/mol. The fourth-order valence-electron chi connectivity index (χ4n) is 2.91. The summed E-state index contributed by atoms with van der Waals surface area (Å²) in [6, 6.07) is 4.68. The van der Waals surface area contributed by atoms with E-state index in [0.29, 0.717) is 21.3 Å². The second kappa shape index (κ2) is 9.15. The number of nitrogens with two attached hydrogens (primary N) is 1. The third kappa shape index (κ3) is 5.29. The van der Waals surface area contributed by atoms with Crippen molar-refractivity contribution in [2.45, 2.75) is 24.6 Å². The number of nitrogens with zero attached hydrogens (tertiary/aromatic N) is 5. The first-order valence-electron chi connectivity index (χ1n) is 9.03. The number of nitrogen functional groups attached to an aromatic ring is 1. The van der Waals surface area contributed by atoms with Gasteiger partial charge in [0.2, 0.25) is 0 Å². The van der Waals surface area contributed by atoms with Crippen LogP contribution in [-0.4, -0.2) is 68.0 Å². The maximum atomic E-state index is 14.2. The molecule has 1 aliphatic heterocycles. The summed E-state index contributed by atoms with van der Waals surface area (Å²) in [7, 11) is 2.10. The van der Waals surface area contributed by atoms with Crippen LogP contribution in [0.5, 0.6) is 0 Å². The van der Waals surface area contributed by atoms with Crippen LogP contribution in [0.25, 0.3) is 0 Å². The summed E-state index contributed by atoms with van der Waals surface area (Å²) in [5.74, 6) is 1.26. The van der Waals surface area contributed by atoms with Crippen molar-refractivity contribution in [2.24, 2.45) is 0 Å². The maximum absolute atomic E-state index is 14.2. The number of hydrogen-bond acceptors (Lipinski definition) is 6. The SMILES string of the molecule is CCCC([Se]c1cc(Cl)ccc1F)c1nc(N)nc(N2CCN(C)CC2)n1. The predicted molar refractivity (Wildman–Crippen MR) is 108 cm³/mol. The van der Waals surface area contributed by atoms with Gasteiger partial charge in [-0.2, -0.15) is 0 Å². The molecule has 3 rings (SSSR count). The number of hydrogen-bond donors (Lipinski definition) is 1. The molecule has 2 heterocycles. The molecule has 1 aromatic carbocycles. The van der Waals surface area contributed by atoms with Gasteiger partial charge in [-0.05, 0) is 0 Å². The standard InChI is InChI=1S/C18H24ClFN6Se/c1-3-4-14(27-15-11-12(19)5-6-13(15)20)16-22-17(21)24-18(23-16)26-9-7-25(2)8-10-26/h5-6,11,14H,3-4,7-10H2,1-2H3,(H2,21,22,23,24). The first kappa shape index (κ1) is 20.3. The van der Waals surface area contributed by atoms with E-state index in [9.17, 15) is 4.39 Å². The fourth-order valence-corrected chi connectivity index (χ4v) is 5.85. The number of rotatable bonds is 6. The molecule has 0 bridgehead atoms. The van der Waals surface area contributed by atoms with Crippen molar-refractivity contribution in [2.75, 3.05) is 43.9 Å². The molecule has 27 heavy (non-hydrogen) atoms. The number of aromatic nitrogens is 3. The Hall–Kier alpha value is -1.47. The molecule has 1 aliphatic rings. The molecule has 1 atom stereocenters. The van der Waals surface area contributed by atoms with Crippen LogP contribution in [0, 0.1) is 5.82 Å². The van der Waals surface area contributed by atoms with Crippen LogP contribution in [0.4, 0.5) is 16.3 Å². The summed E-state index contributed by atoms with van der Waals surface area (Å²) < 4.78 is 14.9. The van der Waals surface area contributed by atoms with Crippen molar-refractivity contribution in [3.8, 4) is 0 Å². The van der Waals surface area contributed by atoms with E-state index in [0.717, 1.165) is 39.0 Å². The van der Waals surface area contributed by atoms with Crippen molar-refractivity contribution in [1.82, 2.24) is 19.9 Å². The molecule has 9 heteroatoms. The van der Waals surface area contributed by atoms with Crippen LogP contribution in [0.3, 0.4) is 0 Å². The van der Waals surface area contributed by atoms with E-state index in [2.05, 4.69) is 33.7 Å². The predicted octanol–water partition coefficient (Wildman–Crippen LogP) is 1.87. The van der Waals surface area contributed by atoms with E-state index in [1.54, 1.807) is 12.1 Å². The van der Waals surface area contributed by atoms with Gasteiger partial charge in [0.1, 0.15) is 0 Å². The fraction of sp³-hybridized carbons (Fsp3) is 0.500. The van der Waals surface area contributed by atoms with Gasteiger partial charge >= 0.3 is 170 Å². The molecule has 0 spiro atoms. The molecular formula is C18H24ClFN6Se. The summed E-state index contributed by atoms with van der Waals surface area (Å²) in [6.07, 6.45) is 1.81. The summed E-state index contributed by atoms with van der Waals surface area (Å²) >= 11 is 5.86. The van der Waals surface area contributed by atoms with Gasteiger partial charge in [-0.15, -0.1) is 0 Å². The number of likely N-dealkylation sites (N-methyl/N-ethyl adjacent to an activating group) is 1. The normalized spacial score (nSPS) is 16.5. The molecule has 2 aromatic rings. The van der Waals surface area contributed by atoms with Gasteiger partial charge in [0.15, 0.2) is 0 Å². The van der Waals surface area contributed by atoms with Crippen molar-refractivity contribution < 1.29 is 4.39 Å². The zero-order valence-corrected chi connectivity index (χ0v) is 18.0. The molecule has 6 nitrogen and oxygen atoms in total. The second-order valence-electron chi connectivity index (χ2n) is 6.61. The van der Waals surface area contributed by atoms with Crippen molar-refractivity contribution in [1.29, 1.82) is 0 Å². The molecule has 0 saturated carbocycles. The Morgan fingerprint density at radius 3 is 2.67 bits per heavy atom. The molecule has 146 valence electrons. The third-order valence-electron chi connectivity index (χ3n) is 4.45. The molecule has 0 amide bonds. The number of piperazine rings is 1. The monoisotopic (exact) mass is 458 g/mol. The summed E-state index contributed by atoms with van der Waals surface area (Å²) in [6.45, 7) is 5.72. The minimum atomic E-state index is -0.234. The van der Waals surface area contributed by atoms with Gasteiger partial charge in [-0.1, -0.05) is 0 Å². The first-order chi connectivity index (χ1) is 13.0. The first-order valence-corrected chi connectivity index (χ1v) is 11.2. The zero-order chi connectivity index (χ0) is 19.4. The van der Waals surface area contributed by atoms with Crippen molar-refractivity contribution in [3.05, 3.63) is 34.9 Å². The van der Waals surface area contributed by atoms with Gasteiger partial charge in [-0.25, -0.2) is 0 Å². The molecule has 0 aliphatic carbocycles. The summed E-state index contributed by atoms with van der Waals surface area (Å²) in [4.78, 5) is 17.9. The van der Waals surface area contributed by atoms with E-state index < -0.39 is 0 Å². The van der Waals surface area contributed by atoms with Crippen molar-refractivity contribution in [3.63, 3.8) is 0 Å². The van der Waals surface area contributed by atoms with Gasteiger partial charge in [0.05, 0.1) is 0 Å². The van der Waals surface area contributed by atoms with Gasteiger partial charge in [0, 0.05) is 0 Å². The van der Waals surface area contributed by atoms with E-state index in [-0.39, 0.29) is 31.5 Å². The average Bonchev–Trinajstić information content (AvgIpc) is 2.64. The average molecular weight is 458 g/mol. The Morgan fingerprint density at radius 1 is 1.22 bits per heavy atom. The van der Waals surface area contributed by atoms with Crippen LogP contribution >= 0.6 is 11.6 Å². The molecule has 1 aromatic heterocycles. The van der Waals surface area contributed by atoms with Crippen LogP contribution in [0.1, 0.15) is 30.4 Å². The van der Waals surface area contributed by atoms with E-state index >= 15 is 0 Å². The Bertz CT molecular complexity index is 784. The van der Waals surface area contributed by atoms with Crippen LogP contribution in [0.15, 0.2) is 18.2 Å². The molecule has 1 unspecified atom stereocenters. The minimum absolute atomic E-state index is 0.0204. The van der Waals surface area contributed by atoms with Crippen LogP contribution < -0.4 is 15.1 Å². The van der Waals surface area contributed by atoms with E-state index in [1.165, 1.54) is 6.07 Å². The van der Waals surface area contributed by atoms with Gasteiger partial charge in [-0.3, -0.25) is 0 Å². The van der Waals surface area contributed by atoms with Gasteiger partial charge in [0.25, 0.3) is 0 Å². The quantitative estimate of drug-likeness (QED) is 0.668. The van der Waals surface area contributed by atoms with Gasteiger partial charge < -0.3 is 0 Å². The Morgan fingerprint density at radius 2 is 1.96 bits per heavy atom. The van der Waals surface area contributed by atoms with Crippen LogP contribution in [0.2, 0.25) is 5.02 Å². The summed E-state index contributed by atoms with van der Waals surface area (Å²) in [5.41, 5.74) is 5.99.